The topological polar surface area (TPSA) is 49.9 Å². The molecular weight excluding hydrogens is 304 g/mol. The number of allylic oxidation sites excluding steroid dienone is 11. The van der Waals surface area contributed by atoms with E-state index >= 15 is 0 Å². The normalized spacial score (nSPS) is 24.6. The van der Waals surface area contributed by atoms with E-state index in [1.54, 1.807) is 0 Å². The predicted molar refractivity (Wildman–Crippen MR) is 105 cm³/mol. The minimum absolute atomic E-state index is 0.0451. The summed E-state index contributed by atoms with van der Waals surface area (Å²) >= 11 is 0. The summed E-state index contributed by atoms with van der Waals surface area (Å²) < 4.78 is 0. The minimum atomic E-state index is 0.0451. The van der Waals surface area contributed by atoms with E-state index in [0.29, 0.717) is 5.71 Å². The van der Waals surface area contributed by atoms with E-state index in [1.807, 2.05) is 12.1 Å². The zero-order valence-electron chi connectivity index (χ0n) is 14.2. The predicted octanol–water partition coefficient (Wildman–Crippen LogP) is 4.95. The summed E-state index contributed by atoms with van der Waals surface area (Å²) in [5.41, 5.74) is 12.3. The highest BCUT2D eigenvalue weighted by Crippen LogP contribution is 2.40. The Hall–Kier alpha value is -2.87. The van der Waals surface area contributed by atoms with Crippen LogP contribution in [0.25, 0.3) is 5.57 Å². The molecule has 25 heavy (non-hydrogen) atoms. The number of hydrogen-bond acceptors (Lipinski definition) is 2. The Morgan fingerprint density at radius 2 is 1.84 bits per heavy atom. The van der Waals surface area contributed by atoms with Gasteiger partial charge < -0.3 is 11.1 Å². The number of nitrogens with one attached hydrogen (secondary N) is 1. The number of rotatable bonds is 3. The molecule has 3 aliphatic rings. The largest absolute Gasteiger partial charge is 0.398 e. The summed E-state index contributed by atoms with van der Waals surface area (Å²) in [6.45, 7) is 0. The van der Waals surface area contributed by atoms with E-state index in [9.17, 15) is 0 Å². The van der Waals surface area contributed by atoms with Crippen LogP contribution < -0.4 is 5.73 Å². The van der Waals surface area contributed by atoms with Gasteiger partial charge in [0.25, 0.3) is 0 Å². The molecule has 1 aromatic rings. The monoisotopic (exact) mass is 326 g/mol. The highest BCUT2D eigenvalue weighted by atomic mass is 14.6. The van der Waals surface area contributed by atoms with E-state index in [1.165, 1.54) is 16.7 Å². The second-order valence-corrected chi connectivity index (χ2v) is 6.68. The lowest BCUT2D eigenvalue weighted by Gasteiger charge is -2.32. The number of nitrogens with two attached hydrogens (primary N) is 1. The van der Waals surface area contributed by atoms with Crippen molar-refractivity contribution in [2.75, 3.05) is 0 Å². The van der Waals surface area contributed by atoms with Gasteiger partial charge in [0.2, 0.25) is 0 Å². The van der Waals surface area contributed by atoms with Crippen molar-refractivity contribution in [2.24, 2.45) is 17.6 Å². The van der Waals surface area contributed by atoms with Crippen molar-refractivity contribution in [1.29, 1.82) is 5.41 Å². The number of hydrogen-bond donors (Lipinski definition) is 2. The van der Waals surface area contributed by atoms with Gasteiger partial charge in [-0.15, -0.1) is 0 Å². The fourth-order valence-corrected chi connectivity index (χ4v) is 3.89. The first-order valence-corrected chi connectivity index (χ1v) is 8.82. The van der Waals surface area contributed by atoms with E-state index in [0.717, 1.165) is 24.1 Å². The third-order valence-electron chi connectivity index (χ3n) is 5.18. The summed E-state index contributed by atoms with van der Waals surface area (Å²) in [5.74, 6) is 0.243. The highest BCUT2D eigenvalue weighted by Gasteiger charge is 2.31. The van der Waals surface area contributed by atoms with Gasteiger partial charge in [-0.1, -0.05) is 72.9 Å². The first-order valence-electron chi connectivity index (χ1n) is 8.82. The molecule has 0 spiro atoms. The lowest BCUT2D eigenvalue weighted by Crippen LogP contribution is -2.28. The maximum Gasteiger partial charge on any atom is 0.0444 e. The van der Waals surface area contributed by atoms with Gasteiger partial charge in [-0.3, -0.25) is 0 Å². The summed E-state index contributed by atoms with van der Waals surface area (Å²) in [6, 6.07) is 10.5. The Kier molecular flexibility index (Phi) is 4.10. The van der Waals surface area contributed by atoms with E-state index in [-0.39, 0.29) is 11.8 Å². The first kappa shape index (κ1) is 15.6. The van der Waals surface area contributed by atoms with Crippen molar-refractivity contribution < 1.29 is 0 Å². The molecule has 1 aromatic carbocycles. The average Bonchev–Trinajstić information content (AvgIpc) is 2.68. The highest BCUT2D eigenvalue weighted by molar-refractivity contribution is 6.03. The quantitative estimate of drug-likeness (QED) is 0.759. The van der Waals surface area contributed by atoms with Gasteiger partial charge in [-0.05, 0) is 41.2 Å². The molecular formula is C23H22N2. The van der Waals surface area contributed by atoms with Crippen LogP contribution in [0, 0.1) is 17.2 Å². The van der Waals surface area contributed by atoms with Crippen LogP contribution in [0.3, 0.4) is 0 Å². The molecule has 0 saturated carbocycles. The van der Waals surface area contributed by atoms with E-state index in [2.05, 4.69) is 66.8 Å². The SMILES string of the molecule is N=C(C1=C(N)C=CCC1)C1C=CC(c2ccccc2)=C2C=CC=CC21. The second kappa shape index (κ2) is 6.56. The van der Waals surface area contributed by atoms with Crippen LogP contribution in [-0.2, 0) is 0 Å². The molecule has 0 fully saturated rings. The summed E-state index contributed by atoms with van der Waals surface area (Å²) in [4.78, 5) is 0. The third kappa shape index (κ3) is 2.85. The third-order valence-corrected chi connectivity index (χ3v) is 5.18. The fourth-order valence-electron chi connectivity index (χ4n) is 3.89. The number of fused-ring (bicyclic) bond motifs is 1. The van der Waals surface area contributed by atoms with Crippen LogP contribution >= 0.6 is 0 Å². The Morgan fingerprint density at radius 1 is 1.00 bits per heavy atom. The molecule has 2 heteroatoms. The lowest BCUT2D eigenvalue weighted by atomic mass is 9.72. The van der Waals surface area contributed by atoms with Crippen LogP contribution in [-0.4, -0.2) is 5.71 Å². The van der Waals surface area contributed by atoms with Crippen LogP contribution in [0.5, 0.6) is 0 Å². The Bertz CT molecular complexity index is 876. The maximum absolute atomic E-state index is 8.80. The standard InChI is InChI=1S/C23H22N2/c24-22-13-7-6-12-21(22)23(25)20-15-14-17(16-8-2-1-3-9-16)18-10-4-5-11-19(18)20/h1-5,7-11,13-15,19-20,25H,6,12,24H2. The van der Waals surface area contributed by atoms with Crippen molar-refractivity contribution in [3.63, 3.8) is 0 Å². The van der Waals surface area contributed by atoms with Crippen LogP contribution in [0.1, 0.15) is 18.4 Å². The number of benzene rings is 1. The van der Waals surface area contributed by atoms with Gasteiger partial charge in [0, 0.05) is 23.2 Å². The molecule has 0 aromatic heterocycles. The van der Waals surface area contributed by atoms with Crippen molar-refractivity contribution >= 4 is 11.3 Å². The Labute approximate surface area is 149 Å². The molecule has 0 bridgehead atoms. The fraction of sp³-hybridized carbons (Fsp3) is 0.174. The molecule has 2 unspecified atom stereocenters. The van der Waals surface area contributed by atoms with Crippen LogP contribution in [0.15, 0.2) is 95.8 Å². The molecule has 0 amide bonds. The molecule has 2 atom stereocenters. The smallest absolute Gasteiger partial charge is 0.0444 e. The summed E-state index contributed by atoms with van der Waals surface area (Å²) in [6.07, 6.45) is 18.8. The molecule has 0 radical (unpaired) electrons. The molecule has 2 nitrogen and oxygen atoms in total. The van der Waals surface area contributed by atoms with Crippen LogP contribution in [0.2, 0.25) is 0 Å². The molecule has 3 N–H and O–H groups in total. The van der Waals surface area contributed by atoms with Crippen LogP contribution in [0.4, 0.5) is 0 Å². The van der Waals surface area contributed by atoms with Crippen molar-refractivity contribution in [3.8, 4) is 0 Å². The maximum atomic E-state index is 8.80. The van der Waals surface area contributed by atoms with Crippen molar-refractivity contribution in [2.45, 2.75) is 12.8 Å². The molecule has 124 valence electrons. The zero-order chi connectivity index (χ0) is 17.2. The second-order valence-electron chi connectivity index (χ2n) is 6.68. The van der Waals surface area contributed by atoms with Crippen molar-refractivity contribution in [3.05, 3.63) is 101 Å². The molecule has 0 heterocycles. The molecule has 4 rings (SSSR count). The van der Waals surface area contributed by atoms with Gasteiger partial charge in [0.15, 0.2) is 0 Å². The summed E-state index contributed by atoms with van der Waals surface area (Å²) in [7, 11) is 0. The van der Waals surface area contributed by atoms with E-state index in [4.69, 9.17) is 11.1 Å². The Morgan fingerprint density at radius 3 is 2.64 bits per heavy atom. The summed E-state index contributed by atoms with van der Waals surface area (Å²) in [5, 5.41) is 8.80. The van der Waals surface area contributed by atoms with Gasteiger partial charge in [-0.25, -0.2) is 0 Å². The van der Waals surface area contributed by atoms with E-state index < -0.39 is 0 Å². The van der Waals surface area contributed by atoms with Gasteiger partial charge in [0.1, 0.15) is 0 Å². The Balaban J connectivity index is 1.73. The van der Waals surface area contributed by atoms with Crippen molar-refractivity contribution in [1.82, 2.24) is 0 Å². The molecule has 0 saturated heterocycles. The van der Waals surface area contributed by atoms with Gasteiger partial charge >= 0.3 is 0 Å². The average molecular weight is 326 g/mol. The first-order chi connectivity index (χ1) is 12.3. The van der Waals surface area contributed by atoms with Gasteiger partial charge in [0.05, 0.1) is 0 Å². The minimum Gasteiger partial charge on any atom is -0.398 e. The van der Waals surface area contributed by atoms with Gasteiger partial charge in [-0.2, -0.15) is 0 Å². The molecule has 3 aliphatic carbocycles. The molecule has 0 aliphatic heterocycles. The zero-order valence-corrected chi connectivity index (χ0v) is 14.2. The lowest BCUT2D eigenvalue weighted by molar-refractivity contribution is 0.668.